The van der Waals surface area contributed by atoms with Crippen molar-refractivity contribution in [2.24, 2.45) is 59.2 Å². The molecule has 0 radical (unpaired) electrons. The van der Waals surface area contributed by atoms with Gasteiger partial charge in [-0.25, -0.2) is 0 Å². The lowest BCUT2D eigenvalue weighted by Crippen LogP contribution is -2.62. The van der Waals surface area contributed by atoms with E-state index in [1.54, 1.807) is 41.5 Å². The van der Waals surface area contributed by atoms with Gasteiger partial charge in [0, 0.05) is 113 Å². The molecular weight excluding hydrogens is 1140 g/mol. The summed E-state index contributed by atoms with van der Waals surface area (Å²) >= 11 is 0. The van der Waals surface area contributed by atoms with E-state index < -0.39 is 150 Å². The molecule has 2 fully saturated rings. The third-order valence-corrected chi connectivity index (χ3v) is 18.7. The number of nitrogens with one attached hydrogen (secondary N) is 1. The van der Waals surface area contributed by atoms with Crippen molar-refractivity contribution in [2.75, 3.05) is 95.6 Å². The summed E-state index contributed by atoms with van der Waals surface area (Å²) in [5, 5.41) is 15.2. The molecule has 89 heavy (non-hydrogen) atoms. The molecule has 22 nitrogen and oxygen atoms in total. The fourth-order valence-corrected chi connectivity index (χ4v) is 12.6. The average molecular weight is 1260 g/mol. The van der Waals surface area contributed by atoms with Gasteiger partial charge in [0.1, 0.15) is 30.2 Å². The number of likely N-dealkylation sites (N-methyl/N-ethyl adjacent to an activating group) is 8. The zero-order valence-corrected chi connectivity index (χ0v) is 59.3. The number of nitrogens with zero attached hydrogens (tertiary/aromatic N) is 9. The Morgan fingerprint density at radius 3 is 1.38 bits per heavy atom. The summed E-state index contributed by atoms with van der Waals surface area (Å²) in [6.07, 6.45) is -1.07. The van der Waals surface area contributed by atoms with E-state index in [0.29, 0.717) is 13.0 Å². The molecule has 12 atom stereocenters. The highest BCUT2D eigenvalue weighted by molar-refractivity contribution is 5.99. The third kappa shape index (κ3) is 22.2. The molecule has 8 amide bonds. The second kappa shape index (κ2) is 36.0. The maximum atomic E-state index is 15.4. The van der Waals surface area contributed by atoms with E-state index in [1.165, 1.54) is 90.6 Å². The lowest BCUT2D eigenvalue weighted by molar-refractivity contribution is -0.157. The van der Waals surface area contributed by atoms with E-state index in [9.17, 15) is 43.5 Å². The SMILES string of the molecule is CC[C@H]1CC(=O)[C@@H]([C@H](O)[C@H](C)CCN2CCN(C)CC2)N(C)C(=O)[C@@H](C(C)C)N(C)C(=O)[C@@H](CC(C)C)N(C)C(=O)C(C(C)C)N(C)C(=O)[C@H](C)NC(=O)[C@@H](C)CC(=O)[C@@H](CC(C)C)N(C)C(=O)[C@@H](C(C)C)CC(=O)[C@H](CC(C)C)N(C)C(=O)CN(C)C1=O. The topological polar surface area (TPSA) is 249 Å². The van der Waals surface area contributed by atoms with E-state index >= 15 is 14.4 Å². The summed E-state index contributed by atoms with van der Waals surface area (Å²) < 4.78 is 0. The molecule has 2 N–H and O–H groups in total. The lowest BCUT2D eigenvalue weighted by Gasteiger charge is -2.42. The van der Waals surface area contributed by atoms with Gasteiger partial charge in [-0.1, -0.05) is 104 Å². The highest BCUT2D eigenvalue weighted by atomic mass is 16.3. The molecular formula is C67H120N10O12. The molecule has 2 heterocycles. The van der Waals surface area contributed by atoms with Crippen molar-refractivity contribution in [3.8, 4) is 0 Å². The van der Waals surface area contributed by atoms with Crippen LogP contribution in [0.1, 0.15) is 162 Å². The number of piperazine rings is 1. The molecule has 0 spiro atoms. The Balaban J connectivity index is 2.95. The maximum absolute atomic E-state index is 15.4. The van der Waals surface area contributed by atoms with Crippen molar-refractivity contribution < 1.29 is 57.8 Å². The highest BCUT2D eigenvalue weighted by Crippen LogP contribution is 2.29. The maximum Gasteiger partial charge on any atom is 0.246 e. The largest absolute Gasteiger partial charge is 0.390 e. The molecule has 0 saturated carbocycles. The van der Waals surface area contributed by atoms with Crippen LogP contribution >= 0.6 is 0 Å². The molecule has 0 aromatic carbocycles. The van der Waals surface area contributed by atoms with Gasteiger partial charge in [-0.3, -0.25) is 52.7 Å². The summed E-state index contributed by atoms with van der Waals surface area (Å²) in [7, 11) is 12.4. The first-order valence-corrected chi connectivity index (χ1v) is 33.0. The quantitative estimate of drug-likeness (QED) is 0.223. The van der Waals surface area contributed by atoms with Gasteiger partial charge < -0.3 is 54.5 Å². The molecule has 0 aromatic heterocycles. The number of hydrogen-bond donors (Lipinski definition) is 2. The van der Waals surface area contributed by atoms with Crippen molar-refractivity contribution in [1.29, 1.82) is 0 Å². The number of aliphatic hydroxyl groups is 1. The van der Waals surface area contributed by atoms with Crippen molar-refractivity contribution >= 4 is 64.6 Å². The van der Waals surface area contributed by atoms with Crippen LogP contribution in [0.4, 0.5) is 0 Å². The summed E-state index contributed by atoms with van der Waals surface area (Å²) in [6, 6.07) is -8.12. The van der Waals surface area contributed by atoms with E-state index in [-0.39, 0.29) is 73.8 Å². The van der Waals surface area contributed by atoms with E-state index in [2.05, 4.69) is 22.2 Å². The monoisotopic (exact) mass is 1260 g/mol. The van der Waals surface area contributed by atoms with Crippen LogP contribution in [0.15, 0.2) is 0 Å². The Kier molecular flexibility index (Phi) is 32.3. The fraction of sp³-hybridized carbons (Fsp3) is 0.836. The van der Waals surface area contributed by atoms with Crippen molar-refractivity contribution in [3.63, 3.8) is 0 Å². The Morgan fingerprint density at radius 1 is 0.472 bits per heavy atom. The van der Waals surface area contributed by atoms with Gasteiger partial charge >= 0.3 is 0 Å². The van der Waals surface area contributed by atoms with Crippen LogP contribution in [0.2, 0.25) is 0 Å². The standard InChI is InChI=1S/C67H120N10O12/c1-25-48-36-55(80)59(60(82)45(14)26-27-77-30-28-69(17)29-31-77)76(24)67(89)58(44(12)13)75(23)65(87)52(34-41(6)7)73(21)66(88)57(43(10)11)74(22)62(84)47(16)68-61(83)46(15)35-53(78)51(33-40(4)5)72(20)64(86)49(42(8)9)37-54(79)50(32-39(2)3)71(19)56(81)38-70(18)63(48)85/h39-52,57-60,82H,25-38H2,1-24H3,(H,68,83)/t45-,46+,47+,48+,49-,50+,51-,52-,57?,58-,59+,60-/m1/s1. The molecule has 0 bridgehead atoms. The smallest absolute Gasteiger partial charge is 0.246 e. The Morgan fingerprint density at radius 2 is 0.910 bits per heavy atom. The van der Waals surface area contributed by atoms with Crippen LogP contribution in [-0.2, 0) is 52.7 Å². The number of hydrogen-bond acceptors (Lipinski definition) is 14. The predicted octanol–water partition coefficient (Wildman–Crippen LogP) is 4.82. The molecule has 2 aliphatic heterocycles. The number of ketones is 3. The molecule has 0 aromatic rings. The first-order chi connectivity index (χ1) is 41.1. The Labute approximate surface area is 535 Å². The van der Waals surface area contributed by atoms with Gasteiger partial charge in [0.25, 0.3) is 0 Å². The van der Waals surface area contributed by atoms with Crippen LogP contribution in [-0.4, -0.2) is 258 Å². The second-order valence-corrected chi connectivity index (χ2v) is 28.7. The van der Waals surface area contributed by atoms with E-state index in [1.807, 2.05) is 62.3 Å². The van der Waals surface area contributed by atoms with Gasteiger partial charge in [0.15, 0.2) is 17.3 Å². The van der Waals surface area contributed by atoms with Gasteiger partial charge in [-0.05, 0) is 94.0 Å². The van der Waals surface area contributed by atoms with Gasteiger partial charge in [0.2, 0.25) is 47.3 Å². The summed E-state index contributed by atoms with van der Waals surface area (Å²) in [6.45, 7) is 32.2. The summed E-state index contributed by atoms with van der Waals surface area (Å²) in [4.78, 5) is 175. The molecule has 510 valence electrons. The minimum Gasteiger partial charge on any atom is -0.390 e. The van der Waals surface area contributed by atoms with Crippen LogP contribution in [0.3, 0.4) is 0 Å². The second-order valence-electron chi connectivity index (χ2n) is 28.7. The predicted molar refractivity (Wildman–Crippen MR) is 347 cm³/mol. The van der Waals surface area contributed by atoms with Crippen molar-refractivity contribution in [2.45, 2.75) is 211 Å². The minimum absolute atomic E-state index is 0.0655. The molecule has 2 rings (SSSR count). The van der Waals surface area contributed by atoms with Crippen LogP contribution in [0, 0.1) is 59.2 Å². The minimum atomic E-state index is -1.48. The van der Waals surface area contributed by atoms with Gasteiger partial charge in [-0.2, -0.15) is 0 Å². The molecule has 1 unspecified atom stereocenters. The van der Waals surface area contributed by atoms with Crippen LogP contribution in [0.25, 0.3) is 0 Å². The number of aliphatic hydroxyl groups excluding tert-OH is 1. The summed E-state index contributed by atoms with van der Waals surface area (Å²) in [5.74, 6) is -11.0. The first kappa shape index (κ1) is 79.7. The zero-order chi connectivity index (χ0) is 68.5. The highest BCUT2D eigenvalue weighted by Gasteiger charge is 2.46. The average Bonchev–Trinajstić information content (AvgIpc) is 1.28. The number of carbonyl (C=O) groups is 11. The van der Waals surface area contributed by atoms with Crippen LogP contribution in [0.5, 0.6) is 0 Å². The summed E-state index contributed by atoms with van der Waals surface area (Å²) in [5.41, 5.74) is 0. The lowest BCUT2D eigenvalue weighted by atomic mass is 9.84. The van der Waals surface area contributed by atoms with Crippen LogP contribution < -0.4 is 5.32 Å². The number of amides is 8. The fourth-order valence-electron chi connectivity index (χ4n) is 12.6. The van der Waals surface area contributed by atoms with Crippen molar-refractivity contribution in [3.05, 3.63) is 0 Å². The van der Waals surface area contributed by atoms with Gasteiger partial charge in [-0.15, -0.1) is 0 Å². The Hall–Kier alpha value is -5.35. The van der Waals surface area contributed by atoms with Gasteiger partial charge in [0.05, 0.1) is 24.7 Å². The normalized spacial score (nSPS) is 27.9. The van der Waals surface area contributed by atoms with Crippen molar-refractivity contribution in [1.82, 2.24) is 49.4 Å². The van der Waals surface area contributed by atoms with E-state index in [0.717, 1.165) is 26.2 Å². The molecule has 2 saturated heterocycles. The van der Waals surface area contributed by atoms with E-state index in [4.69, 9.17) is 0 Å². The molecule has 2 aliphatic rings. The number of rotatable bonds is 15. The zero-order valence-electron chi connectivity index (χ0n) is 59.3. The first-order valence-electron chi connectivity index (χ1n) is 33.0. The number of Topliss-reactive ketones (excluding diaryl/α,β-unsaturated/α-hetero) is 3. The molecule has 0 aliphatic carbocycles. The number of carbonyl (C=O) groups excluding carboxylic acids is 11. The Bertz CT molecular complexity index is 2410. The third-order valence-electron chi connectivity index (χ3n) is 18.7. The molecule has 22 heteroatoms.